The number of nitrogens with one attached hydrogen (secondary N) is 1. The van der Waals surface area contributed by atoms with E-state index in [-0.39, 0.29) is 0 Å². The van der Waals surface area contributed by atoms with Crippen LogP contribution in [0.4, 0.5) is 0 Å². The minimum atomic E-state index is 0.373. The van der Waals surface area contributed by atoms with Crippen molar-refractivity contribution in [2.24, 2.45) is 0 Å². The predicted octanol–water partition coefficient (Wildman–Crippen LogP) is 1.05. The molecule has 5 nitrogen and oxygen atoms in total. The summed E-state index contributed by atoms with van der Waals surface area (Å²) in [5.74, 6) is 1.32. The molecule has 0 aromatic carbocycles. The Morgan fingerprint density at radius 2 is 2.16 bits per heavy atom. The van der Waals surface area contributed by atoms with Gasteiger partial charge in [-0.2, -0.15) is 5.10 Å². The Morgan fingerprint density at radius 1 is 1.37 bits per heavy atom. The maximum atomic E-state index is 4.65. The third-order valence-electron chi connectivity index (χ3n) is 3.69. The largest absolute Gasteiger partial charge is 0.314 e. The Kier molecular flexibility index (Phi) is 3.48. The molecule has 1 fully saturated rings. The number of nitrogens with zero attached hydrogens (tertiary/aromatic N) is 4. The van der Waals surface area contributed by atoms with Gasteiger partial charge in [-0.15, -0.1) is 0 Å². The first-order chi connectivity index (χ1) is 9.22. The van der Waals surface area contributed by atoms with Crippen LogP contribution in [0.3, 0.4) is 0 Å². The Bertz CT molecular complexity index is 556. The molecule has 0 radical (unpaired) electrons. The number of fused-ring (bicyclic) bond motifs is 1. The van der Waals surface area contributed by atoms with Gasteiger partial charge in [-0.1, -0.05) is 6.92 Å². The number of hydrogen-bond donors (Lipinski definition) is 1. The molecule has 1 aliphatic heterocycles. The van der Waals surface area contributed by atoms with Gasteiger partial charge in [0.1, 0.15) is 0 Å². The van der Waals surface area contributed by atoms with Gasteiger partial charge in [0.2, 0.25) is 0 Å². The number of aromatic nitrogens is 3. The second-order valence-corrected chi connectivity index (χ2v) is 5.43. The Morgan fingerprint density at radius 3 is 2.95 bits per heavy atom. The lowest BCUT2D eigenvalue weighted by atomic mass is 10.1. The van der Waals surface area contributed by atoms with Crippen LogP contribution in [0.25, 0.3) is 5.65 Å². The van der Waals surface area contributed by atoms with Gasteiger partial charge in [0.15, 0.2) is 11.5 Å². The average molecular weight is 259 g/mol. The molecule has 1 aliphatic rings. The lowest BCUT2D eigenvalue weighted by Gasteiger charge is -2.28. The van der Waals surface area contributed by atoms with Crippen molar-refractivity contribution in [3.8, 4) is 0 Å². The maximum absolute atomic E-state index is 4.65. The van der Waals surface area contributed by atoms with Gasteiger partial charge in [-0.05, 0) is 24.6 Å². The fraction of sp³-hybridized carbons (Fsp3) is 0.571. The van der Waals surface area contributed by atoms with Crippen molar-refractivity contribution in [3.05, 3.63) is 29.7 Å². The van der Waals surface area contributed by atoms with Crippen LogP contribution in [0.15, 0.2) is 18.3 Å². The van der Waals surface area contributed by atoms with E-state index in [1.165, 1.54) is 5.56 Å². The molecule has 102 valence electrons. The summed E-state index contributed by atoms with van der Waals surface area (Å²) in [5.41, 5.74) is 2.17. The quantitative estimate of drug-likeness (QED) is 0.895. The van der Waals surface area contributed by atoms with Crippen LogP contribution in [0.1, 0.15) is 24.2 Å². The van der Waals surface area contributed by atoms with Crippen LogP contribution in [0, 0.1) is 6.92 Å². The monoisotopic (exact) mass is 259 g/mol. The summed E-state index contributed by atoms with van der Waals surface area (Å²) < 4.78 is 1.87. The Labute approximate surface area is 113 Å². The number of aryl methyl sites for hydroxylation is 1. The molecular weight excluding hydrogens is 238 g/mol. The standard InChI is InChI=1S/C14H21N5/c1-11-3-6-19-13(9-11)16-14(17-19)12(2)10-18-7-4-15-5-8-18/h3,6,9,12,15H,4-5,7-8,10H2,1-2H3. The lowest BCUT2D eigenvalue weighted by Crippen LogP contribution is -2.44. The van der Waals surface area contributed by atoms with Crippen LogP contribution in [0.2, 0.25) is 0 Å². The summed E-state index contributed by atoms with van der Waals surface area (Å²) in [4.78, 5) is 7.13. The molecule has 5 heteroatoms. The maximum Gasteiger partial charge on any atom is 0.155 e. The van der Waals surface area contributed by atoms with E-state index in [1.54, 1.807) is 0 Å². The molecule has 1 unspecified atom stereocenters. The normalized spacial score (nSPS) is 18.8. The lowest BCUT2D eigenvalue weighted by molar-refractivity contribution is 0.228. The van der Waals surface area contributed by atoms with Crippen molar-refractivity contribution < 1.29 is 0 Å². The molecule has 1 N–H and O–H groups in total. The molecule has 0 amide bonds. The van der Waals surface area contributed by atoms with Gasteiger partial charge >= 0.3 is 0 Å². The first-order valence-corrected chi connectivity index (χ1v) is 6.98. The van der Waals surface area contributed by atoms with Gasteiger partial charge in [0.05, 0.1) is 0 Å². The molecule has 1 saturated heterocycles. The second-order valence-electron chi connectivity index (χ2n) is 5.43. The highest BCUT2D eigenvalue weighted by Crippen LogP contribution is 2.15. The van der Waals surface area contributed by atoms with Crippen LogP contribution in [0.5, 0.6) is 0 Å². The van der Waals surface area contributed by atoms with Gasteiger partial charge in [-0.3, -0.25) is 0 Å². The molecule has 0 spiro atoms. The summed E-state index contributed by atoms with van der Waals surface area (Å²) in [6.07, 6.45) is 1.98. The summed E-state index contributed by atoms with van der Waals surface area (Å²) in [7, 11) is 0. The van der Waals surface area contributed by atoms with Gasteiger partial charge in [-0.25, -0.2) is 9.50 Å². The van der Waals surface area contributed by atoms with E-state index in [0.717, 1.165) is 44.2 Å². The highest BCUT2D eigenvalue weighted by atomic mass is 15.3. The number of rotatable bonds is 3. The predicted molar refractivity (Wildman–Crippen MR) is 75.4 cm³/mol. The zero-order chi connectivity index (χ0) is 13.2. The van der Waals surface area contributed by atoms with E-state index in [9.17, 15) is 0 Å². The van der Waals surface area contributed by atoms with E-state index in [1.807, 2.05) is 10.7 Å². The first kappa shape index (κ1) is 12.6. The van der Waals surface area contributed by atoms with E-state index in [4.69, 9.17) is 0 Å². The smallest absolute Gasteiger partial charge is 0.155 e. The van der Waals surface area contributed by atoms with Gasteiger partial charge < -0.3 is 10.2 Å². The molecule has 3 rings (SSSR count). The fourth-order valence-corrected chi connectivity index (χ4v) is 2.57. The van der Waals surface area contributed by atoms with Crippen molar-refractivity contribution in [2.75, 3.05) is 32.7 Å². The number of hydrogen-bond acceptors (Lipinski definition) is 4. The number of pyridine rings is 1. The number of piperazine rings is 1. The first-order valence-electron chi connectivity index (χ1n) is 6.98. The van der Waals surface area contributed by atoms with E-state index in [2.05, 4.69) is 46.3 Å². The summed E-state index contributed by atoms with van der Waals surface area (Å²) >= 11 is 0. The molecule has 0 bridgehead atoms. The van der Waals surface area contributed by atoms with Crippen molar-refractivity contribution in [1.82, 2.24) is 24.8 Å². The van der Waals surface area contributed by atoms with Gasteiger partial charge in [0.25, 0.3) is 0 Å². The molecule has 2 aromatic rings. The third-order valence-corrected chi connectivity index (χ3v) is 3.69. The average Bonchev–Trinajstić information content (AvgIpc) is 2.83. The molecule has 1 atom stereocenters. The highest BCUT2D eigenvalue weighted by Gasteiger charge is 2.17. The van der Waals surface area contributed by atoms with Crippen molar-refractivity contribution in [1.29, 1.82) is 0 Å². The van der Waals surface area contributed by atoms with Crippen LogP contribution in [-0.4, -0.2) is 52.2 Å². The molecule has 2 aromatic heterocycles. The van der Waals surface area contributed by atoms with Gasteiger partial charge in [0, 0.05) is 44.8 Å². The summed E-state index contributed by atoms with van der Waals surface area (Å²) in [6.45, 7) is 9.75. The Hall–Kier alpha value is -1.46. The highest BCUT2D eigenvalue weighted by molar-refractivity contribution is 5.40. The third kappa shape index (κ3) is 2.77. The van der Waals surface area contributed by atoms with E-state index < -0.39 is 0 Å². The van der Waals surface area contributed by atoms with E-state index >= 15 is 0 Å². The Balaban J connectivity index is 1.75. The van der Waals surface area contributed by atoms with Crippen LogP contribution >= 0.6 is 0 Å². The van der Waals surface area contributed by atoms with Crippen LogP contribution in [-0.2, 0) is 0 Å². The molecule has 0 saturated carbocycles. The van der Waals surface area contributed by atoms with Crippen molar-refractivity contribution >= 4 is 5.65 Å². The minimum absolute atomic E-state index is 0.373. The molecular formula is C14H21N5. The van der Waals surface area contributed by atoms with Crippen molar-refractivity contribution in [3.63, 3.8) is 0 Å². The van der Waals surface area contributed by atoms with Crippen molar-refractivity contribution in [2.45, 2.75) is 19.8 Å². The second kappa shape index (κ2) is 5.27. The zero-order valence-electron chi connectivity index (χ0n) is 11.6. The summed E-state index contributed by atoms with van der Waals surface area (Å²) in [5, 5.41) is 7.96. The van der Waals surface area contributed by atoms with E-state index in [0.29, 0.717) is 5.92 Å². The minimum Gasteiger partial charge on any atom is -0.314 e. The topological polar surface area (TPSA) is 45.5 Å². The van der Waals surface area contributed by atoms with Crippen LogP contribution < -0.4 is 5.32 Å². The molecule has 3 heterocycles. The fourth-order valence-electron chi connectivity index (χ4n) is 2.57. The zero-order valence-corrected chi connectivity index (χ0v) is 11.6. The molecule has 0 aliphatic carbocycles. The molecule has 19 heavy (non-hydrogen) atoms. The SMILES string of the molecule is Cc1ccn2nc(C(C)CN3CCNCC3)nc2c1. The summed E-state index contributed by atoms with van der Waals surface area (Å²) in [6, 6.07) is 4.14.